The molecule has 0 aromatic carbocycles. The Labute approximate surface area is 105 Å². The molecule has 1 rings (SSSR count). The lowest BCUT2D eigenvalue weighted by atomic mass is 10.2. The molecule has 0 N–H and O–H groups in total. The average Bonchev–Trinajstić information content (AvgIpc) is 2.45. The van der Waals surface area contributed by atoms with Gasteiger partial charge in [-0.15, -0.1) is 0 Å². The third-order valence-corrected chi connectivity index (χ3v) is 3.83. The van der Waals surface area contributed by atoms with E-state index < -0.39 is 0 Å². The quantitative estimate of drug-likeness (QED) is 0.852. The van der Waals surface area contributed by atoms with Crippen molar-refractivity contribution in [1.29, 1.82) is 5.26 Å². The maximum atomic E-state index is 8.66. The predicted octanol–water partition coefficient (Wildman–Crippen LogP) is 2.23. The van der Waals surface area contributed by atoms with Crippen LogP contribution in [0.25, 0.3) is 0 Å². The summed E-state index contributed by atoms with van der Waals surface area (Å²) in [6, 6.07) is 2.45. The summed E-state index contributed by atoms with van der Waals surface area (Å²) in [7, 11) is 3.96. The number of aromatic nitrogens is 2. The molecule has 0 fully saturated rings. The topological polar surface area (TPSA) is 44.9 Å². The second kappa shape index (κ2) is 5.46. The minimum absolute atomic E-state index is 0.257. The first-order valence-electron chi connectivity index (χ1n) is 5.22. The Morgan fingerprint density at radius 2 is 2.25 bits per heavy atom. The van der Waals surface area contributed by atoms with Crippen LogP contribution in [0.15, 0.2) is 4.47 Å². The molecule has 0 bridgehead atoms. The molecule has 1 aromatic rings. The van der Waals surface area contributed by atoms with Crippen LogP contribution in [0.2, 0.25) is 0 Å². The van der Waals surface area contributed by atoms with E-state index in [2.05, 4.69) is 38.9 Å². The monoisotopic (exact) mass is 284 g/mol. The van der Waals surface area contributed by atoms with E-state index >= 15 is 0 Å². The molecule has 1 unspecified atom stereocenters. The Morgan fingerprint density at radius 1 is 1.62 bits per heavy atom. The van der Waals surface area contributed by atoms with E-state index in [4.69, 9.17) is 5.26 Å². The first kappa shape index (κ1) is 13.2. The summed E-state index contributed by atoms with van der Waals surface area (Å²) in [4.78, 5) is 2.16. The molecule has 0 saturated carbocycles. The Balaban J connectivity index is 2.77. The third-order valence-electron chi connectivity index (χ3n) is 2.80. The van der Waals surface area contributed by atoms with Gasteiger partial charge in [-0.1, -0.05) is 0 Å². The fraction of sp³-hybridized carbons (Fsp3) is 0.636. The zero-order valence-electron chi connectivity index (χ0n) is 10.2. The lowest BCUT2D eigenvalue weighted by Gasteiger charge is -2.22. The number of halogens is 1. The summed E-state index contributed by atoms with van der Waals surface area (Å²) in [5.41, 5.74) is 2.14. The Morgan fingerprint density at radius 3 is 2.69 bits per heavy atom. The van der Waals surface area contributed by atoms with E-state index in [9.17, 15) is 0 Å². The predicted molar refractivity (Wildman–Crippen MR) is 66.8 cm³/mol. The van der Waals surface area contributed by atoms with E-state index in [-0.39, 0.29) is 6.04 Å². The molecular formula is C11H17BrN4. The number of hydrogen-bond donors (Lipinski definition) is 0. The highest BCUT2D eigenvalue weighted by Gasteiger charge is 2.15. The largest absolute Gasteiger partial charge is 0.297 e. The summed E-state index contributed by atoms with van der Waals surface area (Å²) in [6.45, 7) is 4.83. The van der Waals surface area contributed by atoms with E-state index in [0.29, 0.717) is 6.42 Å². The van der Waals surface area contributed by atoms with Gasteiger partial charge in [0.1, 0.15) is 0 Å². The van der Waals surface area contributed by atoms with Gasteiger partial charge in [0.15, 0.2) is 0 Å². The van der Waals surface area contributed by atoms with Crippen LogP contribution in [0, 0.1) is 18.3 Å². The van der Waals surface area contributed by atoms with E-state index in [1.165, 1.54) is 0 Å². The molecular weight excluding hydrogens is 268 g/mol. The molecule has 0 aliphatic heterocycles. The van der Waals surface area contributed by atoms with Gasteiger partial charge in [-0.3, -0.25) is 9.58 Å². The van der Waals surface area contributed by atoms with Crippen LogP contribution in [-0.4, -0.2) is 27.8 Å². The summed E-state index contributed by atoms with van der Waals surface area (Å²) >= 11 is 3.54. The molecule has 5 heteroatoms. The van der Waals surface area contributed by atoms with Crippen LogP contribution in [0.5, 0.6) is 0 Å². The first-order valence-corrected chi connectivity index (χ1v) is 6.01. The first-order chi connectivity index (χ1) is 7.47. The zero-order chi connectivity index (χ0) is 12.3. The van der Waals surface area contributed by atoms with Crippen molar-refractivity contribution in [3.63, 3.8) is 0 Å². The Bertz CT molecular complexity index is 405. The minimum Gasteiger partial charge on any atom is -0.297 e. The number of rotatable bonds is 4. The van der Waals surface area contributed by atoms with E-state index in [1.54, 1.807) is 0 Å². The summed E-state index contributed by atoms with van der Waals surface area (Å²) < 4.78 is 2.95. The van der Waals surface area contributed by atoms with Gasteiger partial charge < -0.3 is 0 Å². The van der Waals surface area contributed by atoms with Gasteiger partial charge >= 0.3 is 0 Å². The second-order valence-corrected chi connectivity index (χ2v) is 4.89. The van der Waals surface area contributed by atoms with Crippen molar-refractivity contribution in [2.24, 2.45) is 7.05 Å². The van der Waals surface area contributed by atoms with E-state index in [1.807, 2.05) is 25.7 Å². The lowest BCUT2D eigenvalue weighted by Crippen LogP contribution is -2.29. The summed E-state index contributed by atoms with van der Waals surface area (Å²) in [5, 5.41) is 13.0. The standard InChI is InChI=1S/C11H17BrN4/c1-8(5-6-13)15(3)7-10-11(12)9(2)14-16(10)4/h8H,5,7H2,1-4H3. The third kappa shape index (κ3) is 2.83. The number of hydrogen-bond acceptors (Lipinski definition) is 3. The number of nitrogens with zero attached hydrogens (tertiary/aromatic N) is 4. The van der Waals surface area contributed by atoms with Gasteiger partial charge in [0.25, 0.3) is 0 Å². The summed E-state index contributed by atoms with van der Waals surface area (Å²) in [6.07, 6.45) is 0.547. The van der Waals surface area contributed by atoms with Gasteiger partial charge in [0, 0.05) is 19.6 Å². The normalized spacial score (nSPS) is 12.8. The van der Waals surface area contributed by atoms with Crippen molar-refractivity contribution in [1.82, 2.24) is 14.7 Å². The number of nitriles is 1. The highest BCUT2D eigenvalue weighted by atomic mass is 79.9. The molecule has 0 amide bonds. The van der Waals surface area contributed by atoms with Crippen LogP contribution in [0.1, 0.15) is 24.7 Å². The second-order valence-electron chi connectivity index (χ2n) is 4.10. The highest BCUT2D eigenvalue weighted by molar-refractivity contribution is 9.10. The molecule has 0 saturated heterocycles. The van der Waals surface area contributed by atoms with Crippen molar-refractivity contribution < 1.29 is 0 Å². The van der Waals surface area contributed by atoms with Gasteiger partial charge in [-0.25, -0.2) is 0 Å². The smallest absolute Gasteiger partial charge is 0.0739 e. The fourth-order valence-corrected chi connectivity index (χ4v) is 1.99. The Kier molecular flexibility index (Phi) is 4.51. The summed E-state index contributed by atoms with van der Waals surface area (Å²) in [5.74, 6) is 0. The molecule has 1 heterocycles. The van der Waals surface area contributed by atoms with Gasteiger partial charge in [-0.05, 0) is 36.8 Å². The average molecular weight is 285 g/mol. The maximum absolute atomic E-state index is 8.66. The van der Waals surface area contributed by atoms with Crippen molar-refractivity contribution in [2.75, 3.05) is 7.05 Å². The zero-order valence-corrected chi connectivity index (χ0v) is 11.7. The van der Waals surface area contributed by atoms with E-state index in [0.717, 1.165) is 22.4 Å². The van der Waals surface area contributed by atoms with Gasteiger partial charge in [-0.2, -0.15) is 10.4 Å². The molecule has 4 nitrogen and oxygen atoms in total. The van der Waals surface area contributed by atoms with Crippen molar-refractivity contribution in [3.05, 3.63) is 15.9 Å². The SMILES string of the molecule is Cc1nn(C)c(CN(C)C(C)CC#N)c1Br. The Hall–Kier alpha value is -0.860. The minimum atomic E-state index is 0.257. The van der Waals surface area contributed by atoms with Crippen LogP contribution in [0.3, 0.4) is 0 Å². The van der Waals surface area contributed by atoms with Crippen LogP contribution >= 0.6 is 15.9 Å². The molecule has 0 aliphatic carbocycles. The molecule has 0 radical (unpaired) electrons. The molecule has 1 atom stereocenters. The van der Waals surface area contributed by atoms with Crippen molar-refractivity contribution in [3.8, 4) is 6.07 Å². The molecule has 0 aliphatic rings. The van der Waals surface area contributed by atoms with Gasteiger partial charge in [0.2, 0.25) is 0 Å². The van der Waals surface area contributed by atoms with Crippen LogP contribution in [-0.2, 0) is 13.6 Å². The maximum Gasteiger partial charge on any atom is 0.0739 e. The van der Waals surface area contributed by atoms with Crippen molar-refractivity contribution in [2.45, 2.75) is 32.9 Å². The van der Waals surface area contributed by atoms with Crippen LogP contribution < -0.4 is 0 Å². The molecule has 1 aromatic heterocycles. The van der Waals surface area contributed by atoms with Crippen LogP contribution in [0.4, 0.5) is 0 Å². The highest BCUT2D eigenvalue weighted by Crippen LogP contribution is 2.22. The molecule has 0 spiro atoms. The lowest BCUT2D eigenvalue weighted by molar-refractivity contribution is 0.245. The number of aryl methyl sites for hydroxylation is 2. The molecule has 16 heavy (non-hydrogen) atoms. The van der Waals surface area contributed by atoms with Gasteiger partial charge in [0.05, 0.1) is 28.4 Å². The molecule has 88 valence electrons. The fourth-order valence-electron chi connectivity index (χ4n) is 1.53. The van der Waals surface area contributed by atoms with Crippen molar-refractivity contribution >= 4 is 15.9 Å².